The molecule has 2 aromatic rings. The van der Waals surface area contributed by atoms with Crippen molar-refractivity contribution in [1.29, 1.82) is 0 Å². The van der Waals surface area contributed by atoms with Crippen LogP contribution in [-0.4, -0.2) is 25.3 Å². The lowest BCUT2D eigenvalue weighted by molar-refractivity contribution is -0.384. The number of nitro benzene ring substituents is 1. The number of hydrogen-bond acceptors (Lipinski definition) is 5. The Morgan fingerprint density at radius 2 is 1.93 bits per heavy atom. The second-order valence-electron chi connectivity index (χ2n) is 6.03. The van der Waals surface area contributed by atoms with E-state index in [1.165, 1.54) is 24.3 Å². The summed E-state index contributed by atoms with van der Waals surface area (Å²) >= 11 is 5.93. The first-order valence-corrected chi connectivity index (χ1v) is 9.79. The smallest absolute Gasteiger partial charge is 0.270 e. The molecule has 0 atom stereocenters. The van der Waals surface area contributed by atoms with E-state index in [1.54, 1.807) is 26.0 Å². The van der Waals surface area contributed by atoms with Crippen LogP contribution in [0.4, 0.5) is 5.69 Å². The van der Waals surface area contributed by atoms with E-state index < -0.39 is 20.9 Å². The number of carbonyl (C=O) groups excluding carboxylic acids is 1. The van der Waals surface area contributed by atoms with Gasteiger partial charge in [-0.1, -0.05) is 23.7 Å². The summed E-state index contributed by atoms with van der Waals surface area (Å²) in [4.78, 5) is 22.5. The molecule has 1 amide bonds. The lowest BCUT2D eigenvalue weighted by atomic mass is 10.1. The second kappa shape index (κ2) is 8.47. The summed E-state index contributed by atoms with van der Waals surface area (Å²) in [5.74, 6) is -0.525. The van der Waals surface area contributed by atoms with Crippen LogP contribution in [0.15, 0.2) is 47.4 Å². The normalized spacial score (nSPS) is 11.4. The summed E-state index contributed by atoms with van der Waals surface area (Å²) < 4.78 is 26.9. The van der Waals surface area contributed by atoms with Crippen LogP contribution in [0.25, 0.3) is 0 Å². The Bertz CT molecular complexity index is 976. The maximum Gasteiger partial charge on any atom is 0.270 e. The number of sulfonamides is 1. The van der Waals surface area contributed by atoms with Crippen LogP contribution in [0.5, 0.6) is 0 Å². The Hall–Kier alpha value is -2.49. The predicted octanol–water partition coefficient (Wildman–Crippen LogP) is 2.86. The van der Waals surface area contributed by atoms with Crippen LogP contribution in [0, 0.1) is 10.1 Å². The van der Waals surface area contributed by atoms with Gasteiger partial charge in [0.25, 0.3) is 11.6 Å². The number of non-ortho nitro benzene ring substituents is 1. The van der Waals surface area contributed by atoms with Gasteiger partial charge in [0.15, 0.2) is 0 Å². The van der Waals surface area contributed by atoms with E-state index >= 15 is 0 Å². The first-order chi connectivity index (χ1) is 12.6. The minimum absolute atomic E-state index is 0.0424. The molecular weight excluding hydrogens is 394 g/mol. The number of nitro groups is 1. The molecule has 0 saturated carbocycles. The number of hydrogen-bond donors (Lipinski definition) is 2. The molecule has 10 heteroatoms. The van der Waals surface area contributed by atoms with Crippen molar-refractivity contribution >= 4 is 33.2 Å². The molecule has 0 spiro atoms. The van der Waals surface area contributed by atoms with Crippen LogP contribution in [0.3, 0.4) is 0 Å². The maximum atomic E-state index is 12.3. The van der Waals surface area contributed by atoms with Crippen LogP contribution in [0.2, 0.25) is 5.02 Å². The molecule has 0 aliphatic rings. The number of rotatable bonds is 7. The highest BCUT2D eigenvalue weighted by atomic mass is 35.5. The molecule has 0 bridgehead atoms. The second-order valence-corrected chi connectivity index (χ2v) is 8.15. The monoisotopic (exact) mass is 411 g/mol. The van der Waals surface area contributed by atoms with E-state index in [4.69, 9.17) is 11.6 Å². The third kappa shape index (κ3) is 5.49. The fraction of sp³-hybridized carbons (Fsp3) is 0.235. The van der Waals surface area contributed by atoms with Crippen LogP contribution >= 0.6 is 11.6 Å². The summed E-state index contributed by atoms with van der Waals surface area (Å²) in [6.07, 6.45) is 0. The van der Waals surface area contributed by atoms with Crippen molar-refractivity contribution in [1.82, 2.24) is 10.0 Å². The summed E-state index contributed by atoms with van der Waals surface area (Å²) in [5.41, 5.74) is 0.452. The van der Waals surface area contributed by atoms with Crippen molar-refractivity contribution in [3.63, 3.8) is 0 Å². The molecule has 0 aromatic heterocycles. The molecular formula is C17H18ClN3O5S. The van der Waals surface area contributed by atoms with Crippen molar-refractivity contribution in [3.8, 4) is 0 Å². The minimum atomic E-state index is -3.64. The average Bonchev–Trinajstić information content (AvgIpc) is 2.58. The van der Waals surface area contributed by atoms with Crippen LogP contribution < -0.4 is 10.0 Å². The average molecular weight is 412 g/mol. The van der Waals surface area contributed by atoms with Gasteiger partial charge in [-0.25, -0.2) is 13.1 Å². The number of nitrogens with one attached hydrogen (secondary N) is 2. The third-order valence-electron chi connectivity index (χ3n) is 3.46. The van der Waals surface area contributed by atoms with Crippen molar-refractivity contribution in [3.05, 3.63) is 68.7 Å². The zero-order valence-corrected chi connectivity index (χ0v) is 16.2. The molecule has 0 fully saturated rings. The SMILES string of the molecule is CC(C)NS(=O)(=O)c1cccc(CNC(=O)c2ccc([N+](=O)[O-])cc2Cl)c1. The number of amides is 1. The van der Waals surface area contributed by atoms with E-state index in [0.29, 0.717) is 5.56 Å². The zero-order valence-electron chi connectivity index (χ0n) is 14.6. The highest BCUT2D eigenvalue weighted by Crippen LogP contribution is 2.22. The molecule has 0 radical (unpaired) electrons. The molecule has 0 aliphatic heterocycles. The fourth-order valence-corrected chi connectivity index (χ4v) is 3.86. The van der Waals surface area contributed by atoms with Gasteiger partial charge < -0.3 is 5.32 Å². The Morgan fingerprint density at radius 3 is 2.52 bits per heavy atom. The first kappa shape index (κ1) is 20.8. The lowest BCUT2D eigenvalue weighted by Gasteiger charge is -2.11. The van der Waals surface area contributed by atoms with Gasteiger partial charge >= 0.3 is 0 Å². The summed E-state index contributed by atoms with van der Waals surface area (Å²) in [7, 11) is -3.64. The molecule has 8 nitrogen and oxygen atoms in total. The van der Waals surface area contributed by atoms with Crippen molar-refractivity contribution in [2.75, 3.05) is 0 Å². The third-order valence-corrected chi connectivity index (χ3v) is 5.43. The first-order valence-electron chi connectivity index (χ1n) is 7.93. The molecule has 144 valence electrons. The maximum absolute atomic E-state index is 12.3. The standard InChI is InChI=1S/C17H18ClN3O5S/c1-11(2)20-27(25,26)14-5-3-4-12(8-14)10-19-17(22)15-7-6-13(21(23)24)9-16(15)18/h3-9,11,20H,10H2,1-2H3,(H,19,22). The molecule has 0 heterocycles. The lowest BCUT2D eigenvalue weighted by Crippen LogP contribution is -2.30. The summed E-state index contributed by atoms with van der Waals surface area (Å²) in [6, 6.07) is 9.48. The van der Waals surface area contributed by atoms with Crippen LogP contribution in [0.1, 0.15) is 29.8 Å². The molecule has 2 N–H and O–H groups in total. The Labute approximate surface area is 161 Å². The number of halogens is 1. The van der Waals surface area contributed by atoms with E-state index in [2.05, 4.69) is 10.0 Å². The van der Waals surface area contributed by atoms with Crippen molar-refractivity contribution in [2.45, 2.75) is 31.3 Å². The van der Waals surface area contributed by atoms with E-state index in [0.717, 1.165) is 6.07 Å². The van der Waals surface area contributed by atoms with Gasteiger partial charge in [-0.3, -0.25) is 14.9 Å². The van der Waals surface area contributed by atoms with Gasteiger partial charge in [-0.2, -0.15) is 0 Å². The Kier molecular flexibility index (Phi) is 6.53. The van der Waals surface area contributed by atoms with Gasteiger partial charge in [0, 0.05) is 24.7 Å². The van der Waals surface area contributed by atoms with Crippen molar-refractivity contribution in [2.24, 2.45) is 0 Å². The van der Waals surface area contributed by atoms with Gasteiger partial charge in [-0.15, -0.1) is 0 Å². The zero-order chi connectivity index (χ0) is 20.2. The topological polar surface area (TPSA) is 118 Å². The van der Waals surface area contributed by atoms with E-state index in [9.17, 15) is 23.3 Å². The highest BCUT2D eigenvalue weighted by Gasteiger charge is 2.17. The molecule has 0 unspecified atom stereocenters. The predicted molar refractivity (Wildman–Crippen MR) is 101 cm³/mol. The van der Waals surface area contributed by atoms with E-state index in [1.807, 2.05) is 0 Å². The van der Waals surface area contributed by atoms with Gasteiger partial charge in [-0.05, 0) is 37.6 Å². The quantitative estimate of drug-likeness (QED) is 0.536. The minimum Gasteiger partial charge on any atom is -0.348 e. The molecule has 2 aromatic carbocycles. The fourth-order valence-electron chi connectivity index (χ4n) is 2.28. The van der Waals surface area contributed by atoms with Gasteiger partial charge in [0.1, 0.15) is 0 Å². The summed E-state index contributed by atoms with van der Waals surface area (Å²) in [6.45, 7) is 3.50. The van der Waals surface area contributed by atoms with Crippen molar-refractivity contribution < 1.29 is 18.1 Å². The summed E-state index contributed by atoms with van der Waals surface area (Å²) in [5, 5.41) is 13.3. The van der Waals surface area contributed by atoms with Gasteiger partial charge in [0.05, 0.1) is 20.4 Å². The van der Waals surface area contributed by atoms with Crippen LogP contribution in [-0.2, 0) is 16.6 Å². The van der Waals surface area contributed by atoms with Gasteiger partial charge in [0.2, 0.25) is 10.0 Å². The molecule has 0 aliphatic carbocycles. The molecule has 2 rings (SSSR count). The number of nitrogens with zero attached hydrogens (tertiary/aromatic N) is 1. The molecule has 0 saturated heterocycles. The van der Waals surface area contributed by atoms with E-state index in [-0.39, 0.29) is 33.8 Å². The Morgan fingerprint density at radius 1 is 1.22 bits per heavy atom. The number of benzene rings is 2. The highest BCUT2D eigenvalue weighted by molar-refractivity contribution is 7.89. The Balaban J connectivity index is 2.12. The number of carbonyl (C=O) groups is 1. The largest absolute Gasteiger partial charge is 0.348 e. The molecule has 27 heavy (non-hydrogen) atoms.